The van der Waals surface area contributed by atoms with Gasteiger partial charge in [-0.25, -0.2) is 9.37 Å². The smallest absolute Gasteiger partial charge is 0.223 e. The molecule has 0 amide bonds. The largest absolute Gasteiger partial charge is 0.368 e. The maximum absolute atomic E-state index is 13.8. The lowest BCUT2D eigenvalue weighted by Crippen LogP contribution is -2.01. The Bertz CT molecular complexity index is 753. The predicted molar refractivity (Wildman–Crippen MR) is 76.2 cm³/mol. The van der Waals surface area contributed by atoms with Crippen molar-refractivity contribution in [3.8, 4) is 0 Å². The molecule has 0 fully saturated rings. The van der Waals surface area contributed by atoms with Crippen LogP contribution in [0.4, 0.5) is 21.8 Å². The van der Waals surface area contributed by atoms with E-state index in [4.69, 9.17) is 5.73 Å². The van der Waals surface area contributed by atoms with Gasteiger partial charge in [-0.2, -0.15) is 4.98 Å². The number of nitrogens with one attached hydrogen (secondary N) is 1. The third-order valence-electron chi connectivity index (χ3n) is 2.72. The van der Waals surface area contributed by atoms with Crippen LogP contribution in [0, 0.1) is 12.7 Å². The van der Waals surface area contributed by atoms with E-state index in [-0.39, 0.29) is 11.8 Å². The Labute approximate surface area is 113 Å². The van der Waals surface area contributed by atoms with Gasteiger partial charge in [0, 0.05) is 0 Å². The van der Waals surface area contributed by atoms with Gasteiger partial charge in [0.1, 0.15) is 16.5 Å². The highest BCUT2D eigenvalue weighted by atomic mass is 32.1. The second-order valence-electron chi connectivity index (χ2n) is 4.18. The maximum Gasteiger partial charge on any atom is 0.223 e. The molecule has 0 atom stereocenters. The predicted octanol–water partition coefficient (Wildman–Crippen LogP) is 3.46. The molecule has 0 aliphatic rings. The number of aryl methyl sites for hydroxylation is 1. The molecule has 0 saturated heterocycles. The van der Waals surface area contributed by atoms with Crippen molar-refractivity contribution in [3.05, 3.63) is 41.0 Å². The molecule has 4 nitrogen and oxygen atoms in total. The van der Waals surface area contributed by atoms with E-state index in [0.717, 1.165) is 15.8 Å². The molecule has 19 heavy (non-hydrogen) atoms. The number of thiophene rings is 1. The molecule has 96 valence electrons. The van der Waals surface area contributed by atoms with E-state index in [1.807, 2.05) is 24.4 Å². The van der Waals surface area contributed by atoms with Gasteiger partial charge in [0.05, 0.1) is 11.1 Å². The summed E-state index contributed by atoms with van der Waals surface area (Å²) in [5.74, 6) is 0.372. The van der Waals surface area contributed by atoms with Gasteiger partial charge in [-0.15, -0.1) is 11.3 Å². The molecule has 0 spiro atoms. The summed E-state index contributed by atoms with van der Waals surface area (Å²) >= 11 is 1.47. The molecule has 0 aliphatic carbocycles. The molecule has 1 aromatic carbocycles. The zero-order valence-corrected chi connectivity index (χ0v) is 11.0. The van der Waals surface area contributed by atoms with Crippen LogP contribution in [0.1, 0.15) is 5.56 Å². The molecule has 0 unspecified atom stereocenters. The van der Waals surface area contributed by atoms with Gasteiger partial charge in [-0.3, -0.25) is 0 Å². The normalized spacial score (nSPS) is 10.8. The van der Waals surface area contributed by atoms with Crippen LogP contribution in [0.2, 0.25) is 0 Å². The standard InChI is InChI=1S/C13H11FN4S/c1-7-2-3-10(9(14)6-7)16-11-8-4-5-19-12(8)18-13(15)17-11/h2-6H,1H3,(H3,15,16,17,18). The van der Waals surface area contributed by atoms with Gasteiger partial charge >= 0.3 is 0 Å². The summed E-state index contributed by atoms with van der Waals surface area (Å²) in [6.07, 6.45) is 0. The number of nitrogens with zero attached hydrogens (tertiary/aromatic N) is 2. The van der Waals surface area contributed by atoms with Crippen LogP contribution in [-0.4, -0.2) is 9.97 Å². The van der Waals surface area contributed by atoms with Crippen molar-refractivity contribution in [2.45, 2.75) is 6.92 Å². The van der Waals surface area contributed by atoms with E-state index < -0.39 is 0 Å². The third-order valence-corrected chi connectivity index (χ3v) is 3.53. The molecule has 0 aliphatic heterocycles. The van der Waals surface area contributed by atoms with Crippen molar-refractivity contribution >= 4 is 39.0 Å². The third kappa shape index (κ3) is 2.22. The van der Waals surface area contributed by atoms with Crippen LogP contribution in [0.25, 0.3) is 10.2 Å². The fourth-order valence-electron chi connectivity index (χ4n) is 1.82. The van der Waals surface area contributed by atoms with E-state index in [1.54, 1.807) is 6.07 Å². The summed E-state index contributed by atoms with van der Waals surface area (Å²) in [7, 11) is 0. The second kappa shape index (κ2) is 4.47. The van der Waals surface area contributed by atoms with Gasteiger partial charge in [0.25, 0.3) is 0 Å². The topological polar surface area (TPSA) is 63.8 Å². The van der Waals surface area contributed by atoms with E-state index >= 15 is 0 Å². The first-order valence-electron chi connectivity index (χ1n) is 5.67. The lowest BCUT2D eigenvalue weighted by molar-refractivity contribution is 0.630. The molecule has 0 saturated carbocycles. The van der Waals surface area contributed by atoms with Gasteiger partial charge in [-0.1, -0.05) is 6.07 Å². The zero-order valence-electron chi connectivity index (χ0n) is 10.1. The number of nitrogens with two attached hydrogens (primary N) is 1. The number of aromatic nitrogens is 2. The molecule has 3 N–H and O–H groups in total. The van der Waals surface area contributed by atoms with Gasteiger partial charge in [-0.05, 0) is 36.1 Å². The summed E-state index contributed by atoms with van der Waals surface area (Å²) in [5, 5.41) is 5.70. The minimum atomic E-state index is -0.319. The van der Waals surface area contributed by atoms with Crippen LogP contribution in [-0.2, 0) is 0 Å². The Morgan fingerprint density at radius 3 is 2.89 bits per heavy atom. The fraction of sp³-hybridized carbons (Fsp3) is 0.0769. The Morgan fingerprint density at radius 2 is 2.11 bits per heavy atom. The lowest BCUT2D eigenvalue weighted by Gasteiger charge is -2.08. The molecule has 3 aromatic rings. The van der Waals surface area contributed by atoms with Gasteiger partial charge < -0.3 is 11.1 Å². The molecular weight excluding hydrogens is 263 g/mol. The number of benzene rings is 1. The number of rotatable bonds is 2. The number of nitrogen functional groups attached to an aromatic ring is 1. The Kier molecular flexibility index (Phi) is 2.79. The summed E-state index contributed by atoms with van der Waals surface area (Å²) in [5.41, 5.74) is 6.89. The van der Waals surface area contributed by atoms with Gasteiger partial charge in [0.15, 0.2) is 0 Å². The van der Waals surface area contributed by atoms with Crippen molar-refractivity contribution in [3.63, 3.8) is 0 Å². The molecular formula is C13H11FN4S. The van der Waals surface area contributed by atoms with Crippen molar-refractivity contribution in [2.75, 3.05) is 11.1 Å². The van der Waals surface area contributed by atoms with Crippen LogP contribution in [0.3, 0.4) is 0 Å². The first-order chi connectivity index (χ1) is 9.13. The number of halogens is 1. The average molecular weight is 274 g/mol. The van der Waals surface area contributed by atoms with Crippen LogP contribution < -0.4 is 11.1 Å². The Balaban J connectivity index is 2.07. The van der Waals surface area contributed by atoms with Crippen LogP contribution in [0.5, 0.6) is 0 Å². The van der Waals surface area contributed by atoms with E-state index in [2.05, 4.69) is 15.3 Å². The fourth-order valence-corrected chi connectivity index (χ4v) is 2.59. The van der Waals surface area contributed by atoms with E-state index in [1.165, 1.54) is 17.4 Å². The first-order valence-corrected chi connectivity index (χ1v) is 6.55. The zero-order chi connectivity index (χ0) is 13.4. The molecule has 2 aromatic heterocycles. The van der Waals surface area contributed by atoms with Crippen LogP contribution in [0.15, 0.2) is 29.6 Å². The molecule has 0 bridgehead atoms. The highest BCUT2D eigenvalue weighted by molar-refractivity contribution is 7.16. The van der Waals surface area contributed by atoms with Crippen molar-refractivity contribution in [1.29, 1.82) is 0 Å². The van der Waals surface area contributed by atoms with Crippen LogP contribution >= 0.6 is 11.3 Å². The van der Waals surface area contributed by atoms with E-state index in [9.17, 15) is 4.39 Å². The monoisotopic (exact) mass is 274 g/mol. The maximum atomic E-state index is 13.8. The lowest BCUT2D eigenvalue weighted by atomic mass is 10.2. The Morgan fingerprint density at radius 1 is 1.26 bits per heavy atom. The Hall–Kier alpha value is -2.21. The molecule has 6 heteroatoms. The first kappa shape index (κ1) is 11.9. The second-order valence-corrected chi connectivity index (χ2v) is 5.07. The number of hydrogen-bond donors (Lipinski definition) is 2. The molecule has 2 heterocycles. The summed E-state index contributed by atoms with van der Waals surface area (Å²) < 4.78 is 13.8. The molecule has 3 rings (SSSR count). The number of hydrogen-bond acceptors (Lipinski definition) is 5. The highest BCUT2D eigenvalue weighted by Gasteiger charge is 2.09. The summed E-state index contributed by atoms with van der Waals surface area (Å²) in [4.78, 5) is 9.03. The van der Waals surface area contributed by atoms with E-state index in [0.29, 0.717) is 11.5 Å². The van der Waals surface area contributed by atoms with Crippen molar-refractivity contribution in [1.82, 2.24) is 9.97 Å². The SMILES string of the molecule is Cc1ccc(Nc2nc(N)nc3sccc23)c(F)c1. The molecule has 0 radical (unpaired) electrons. The van der Waals surface area contributed by atoms with Crippen molar-refractivity contribution in [2.24, 2.45) is 0 Å². The average Bonchev–Trinajstić information content (AvgIpc) is 2.80. The summed E-state index contributed by atoms with van der Waals surface area (Å²) in [6, 6.07) is 6.87. The number of fused-ring (bicyclic) bond motifs is 1. The highest BCUT2D eigenvalue weighted by Crippen LogP contribution is 2.29. The van der Waals surface area contributed by atoms with Gasteiger partial charge in [0.2, 0.25) is 5.95 Å². The minimum absolute atomic E-state index is 0.171. The van der Waals surface area contributed by atoms with Crippen molar-refractivity contribution < 1.29 is 4.39 Å². The number of anilines is 3. The quantitative estimate of drug-likeness (QED) is 0.751. The summed E-state index contributed by atoms with van der Waals surface area (Å²) in [6.45, 7) is 1.84. The minimum Gasteiger partial charge on any atom is -0.368 e.